The van der Waals surface area contributed by atoms with Crippen molar-refractivity contribution in [3.05, 3.63) is 58.9 Å². The van der Waals surface area contributed by atoms with Gasteiger partial charge in [0.15, 0.2) is 0 Å². The van der Waals surface area contributed by atoms with Gasteiger partial charge < -0.3 is 4.55 Å². The number of para-hydroxylation sites is 1. The van der Waals surface area contributed by atoms with E-state index in [0.717, 1.165) is 27.7 Å². The molecule has 2 aromatic heterocycles. The van der Waals surface area contributed by atoms with Crippen molar-refractivity contribution in [2.24, 2.45) is 4.40 Å². The summed E-state index contributed by atoms with van der Waals surface area (Å²) >= 11 is 4.98. The lowest BCUT2D eigenvalue weighted by atomic mass is 10.0. The highest BCUT2D eigenvalue weighted by atomic mass is 35.5. The van der Waals surface area contributed by atoms with Gasteiger partial charge in [0.25, 0.3) is 0 Å². The number of rotatable bonds is 3. The van der Waals surface area contributed by atoms with E-state index in [-0.39, 0.29) is 0 Å². The zero-order valence-corrected chi connectivity index (χ0v) is 16.7. The standard InChI is InChI=1S/C20H20ClN3OS/c1-13-8-9-15(11-22-13)18-16(12-23-26(25)20(2,3)4)10-14-6-5-7-17(21)19(14)24-18/h5-12H,1-4H3. The second-order valence-corrected chi connectivity index (χ2v) is 9.36. The molecule has 0 amide bonds. The van der Waals surface area contributed by atoms with E-state index >= 15 is 0 Å². The van der Waals surface area contributed by atoms with Gasteiger partial charge in [0.1, 0.15) is 16.1 Å². The quantitative estimate of drug-likeness (QED) is 0.463. The van der Waals surface area contributed by atoms with Crippen LogP contribution in [0.4, 0.5) is 0 Å². The van der Waals surface area contributed by atoms with Crippen LogP contribution in [0, 0.1) is 6.92 Å². The largest absolute Gasteiger partial charge is 0.591 e. The van der Waals surface area contributed by atoms with Crippen molar-refractivity contribution in [2.75, 3.05) is 0 Å². The molecule has 0 radical (unpaired) electrons. The van der Waals surface area contributed by atoms with Gasteiger partial charge in [-0.3, -0.25) is 4.98 Å². The van der Waals surface area contributed by atoms with Crippen molar-refractivity contribution in [3.8, 4) is 11.3 Å². The van der Waals surface area contributed by atoms with E-state index < -0.39 is 16.1 Å². The lowest BCUT2D eigenvalue weighted by Gasteiger charge is -2.18. The Labute approximate surface area is 161 Å². The molecule has 0 saturated carbocycles. The maximum atomic E-state index is 12.3. The van der Waals surface area contributed by atoms with Crippen molar-refractivity contribution in [2.45, 2.75) is 32.4 Å². The predicted molar refractivity (Wildman–Crippen MR) is 110 cm³/mol. The summed E-state index contributed by atoms with van der Waals surface area (Å²) in [5.74, 6) is 0. The third kappa shape index (κ3) is 4.06. The minimum Gasteiger partial charge on any atom is -0.591 e. The number of benzene rings is 1. The van der Waals surface area contributed by atoms with Crippen LogP contribution in [0.25, 0.3) is 22.2 Å². The lowest BCUT2D eigenvalue weighted by molar-refractivity contribution is 0.562. The van der Waals surface area contributed by atoms with Crippen LogP contribution in [0.5, 0.6) is 0 Å². The fraction of sp³-hybridized carbons (Fsp3) is 0.250. The molecule has 0 fully saturated rings. The average Bonchev–Trinajstić information content (AvgIpc) is 2.59. The predicted octanol–water partition coefficient (Wildman–Crippen LogP) is 5.14. The number of hydrogen-bond donors (Lipinski definition) is 0. The number of fused-ring (bicyclic) bond motifs is 1. The summed E-state index contributed by atoms with van der Waals surface area (Å²) < 4.78 is 16.1. The number of halogens is 1. The lowest BCUT2D eigenvalue weighted by Crippen LogP contribution is -2.25. The van der Waals surface area contributed by atoms with Crippen molar-refractivity contribution in [3.63, 3.8) is 0 Å². The molecule has 0 aliphatic rings. The van der Waals surface area contributed by atoms with Crippen molar-refractivity contribution < 1.29 is 4.55 Å². The van der Waals surface area contributed by atoms with E-state index in [9.17, 15) is 4.55 Å². The number of pyridine rings is 2. The van der Waals surface area contributed by atoms with Crippen LogP contribution in [0.3, 0.4) is 0 Å². The zero-order valence-electron chi connectivity index (χ0n) is 15.2. The third-order valence-corrected chi connectivity index (χ3v) is 5.47. The SMILES string of the molecule is Cc1ccc(-c2nc3c(Cl)cccc3cc2C=N[S+]([O-])C(C)(C)C)cn1. The maximum Gasteiger partial charge on any atom is 0.144 e. The summed E-state index contributed by atoms with van der Waals surface area (Å²) in [6, 6.07) is 11.5. The van der Waals surface area contributed by atoms with E-state index in [0.29, 0.717) is 10.7 Å². The fourth-order valence-corrected chi connectivity index (χ4v) is 3.13. The van der Waals surface area contributed by atoms with E-state index in [2.05, 4.69) is 9.38 Å². The molecular weight excluding hydrogens is 366 g/mol. The Kier molecular flexibility index (Phi) is 5.32. The minimum atomic E-state index is -1.34. The van der Waals surface area contributed by atoms with E-state index in [1.54, 1.807) is 12.4 Å². The Morgan fingerprint density at radius 2 is 1.96 bits per heavy atom. The van der Waals surface area contributed by atoms with E-state index in [1.165, 1.54) is 0 Å². The smallest absolute Gasteiger partial charge is 0.144 e. The topological polar surface area (TPSA) is 61.2 Å². The number of nitrogens with zero attached hydrogens (tertiary/aromatic N) is 3. The first-order valence-corrected chi connectivity index (χ1v) is 9.72. The monoisotopic (exact) mass is 385 g/mol. The molecule has 2 heterocycles. The molecule has 1 aromatic carbocycles. The van der Waals surface area contributed by atoms with Crippen molar-refractivity contribution >= 4 is 40.1 Å². The number of aromatic nitrogens is 2. The Bertz CT molecular complexity index is 965. The second-order valence-electron chi connectivity index (χ2n) is 7.02. The van der Waals surface area contributed by atoms with Crippen LogP contribution in [-0.4, -0.2) is 25.5 Å². The molecule has 134 valence electrons. The van der Waals surface area contributed by atoms with Gasteiger partial charge >= 0.3 is 0 Å². The van der Waals surface area contributed by atoms with E-state index in [4.69, 9.17) is 16.6 Å². The second kappa shape index (κ2) is 7.35. The van der Waals surface area contributed by atoms with Crippen molar-refractivity contribution in [1.82, 2.24) is 9.97 Å². The third-order valence-electron chi connectivity index (χ3n) is 3.82. The first-order chi connectivity index (χ1) is 12.3. The highest BCUT2D eigenvalue weighted by molar-refractivity contribution is 7.91. The van der Waals surface area contributed by atoms with Gasteiger partial charge in [-0.25, -0.2) is 4.98 Å². The van der Waals surface area contributed by atoms with Crippen LogP contribution in [-0.2, 0) is 11.4 Å². The molecule has 0 N–H and O–H groups in total. The van der Waals surface area contributed by atoms with Crippen LogP contribution >= 0.6 is 11.6 Å². The molecule has 26 heavy (non-hydrogen) atoms. The summed E-state index contributed by atoms with van der Waals surface area (Å²) in [5.41, 5.74) is 4.01. The highest BCUT2D eigenvalue weighted by Crippen LogP contribution is 2.28. The van der Waals surface area contributed by atoms with E-state index in [1.807, 2.05) is 64.1 Å². The summed E-state index contributed by atoms with van der Waals surface area (Å²) in [6.07, 6.45) is 3.41. The van der Waals surface area contributed by atoms with Crippen LogP contribution in [0.1, 0.15) is 32.0 Å². The Morgan fingerprint density at radius 1 is 1.19 bits per heavy atom. The molecule has 0 spiro atoms. The molecule has 4 nitrogen and oxygen atoms in total. The van der Waals surface area contributed by atoms with Gasteiger partial charge in [0.05, 0.1) is 22.4 Å². The van der Waals surface area contributed by atoms with Crippen LogP contribution in [0.2, 0.25) is 5.02 Å². The van der Waals surface area contributed by atoms with Gasteiger partial charge in [-0.1, -0.05) is 28.1 Å². The van der Waals surface area contributed by atoms with Gasteiger partial charge in [0.2, 0.25) is 0 Å². The van der Waals surface area contributed by atoms with Crippen LogP contribution < -0.4 is 0 Å². The first kappa shape index (κ1) is 18.8. The Hall–Kier alpha value is -1.95. The molecule has 6 heteroatoms. The number of hydrogen-bond acceptors (Lipinski definition) is 4. The Morgan fingerprint density at radius 3 is 2.62 bits per heavy atom. The molecule has 0 bridgehead atoms. The number of aryl methyl sites for hydroxylation is 1. The van der Waals surface area contributed by atoms with Crippen LogP contribution in [0.15, 0.2) is 47.0 Å². The molecule has 0 aliphatic carbocycles. The summed E-state index contributed by atoms with van der Waals surface area (Å²) in [6.45, 7) is 7.61. The summed E-state index contributed by atoms with van der Waals surface area (Å²) in [7, 11) is 0. The van der Waals surface area contributed by atoms with Gasteiger partial charge in [-0.2, -0.15) is 0 Å². The Balaban J connectivity index is 2.17. The molecule has 1 unspecified atom stereocenters. The molecule has 0 aliphatic heterocycles. The van der Waals surface area contributed by atoms with Gasteiger partial charge in [-0.05, 0) is 52.0 Å². The summed E-state index contributed by atoms with van der Waals surface area (Å²) in [5, 5.41) is 1.50. The molecule has 0 saturated heterocycles. The molecule has 3 aromatic rings. The summed E-state index contributed by atoms with van der Waals surface area (Å²) in [4.78, 5) is 9.11. The fourth-order valence-electron chi connectivity index (χ4n) is 2.38. The molecule has 1 atom stereocenters. The van der Waals surface area contributed by atoms with Gasteiger partial charge in [0, 0.05) is 28.4 Å². The van der Waals surface area contributed by atoms with Crippen molar-refractivity contribution in [1.29, 1.82) is 0 Å². The maximum absolute atomic E-state index is 12.3. The van der Waals surface area contributed by atoms with Gasteiger partial charge in [-0.15, -0.1) is 0 Å². The average molecular weight is 386 g/mol. The molecule has 3 rings (SSSR count). The zero-order chi connectivity index (χ0) is 18.9. The first-order valence-electron chi connectivity index (χ1n) is 8.24. The highest BCUT2D eigenvalue weighted by Gasteiger charge is 2.26. The normalized spacial score (nSPS) is 13.5. The molecular formula is C20H20ClN3OS. The minimum absolute atomic E-state index is 0.421.